The van der Waals surface area contributed by atoms with Crippen LogP contribution >= 0.6 is 15.9 Å². The van der Waals surface area contributed by atoms with Crippen molar-refractivity contribution in [3.8, 4) is 6.07 Å². The first-order chi connectivity index (χ1) is 7.63. The lowest BCUT2D eigenvalue weighted by atomic mass is 10.0. The van der Waals surface area contributed by atoms with Crippen molar-refractivity contribution in [1.82, 2.24) is 0 Å². The molecule has 0 unspecified atom stereocenters. The molecule has 4 nitrogen and oxygen atoms in total. The average molecular weight is 282 g/mol. The first kappa shape index (κ1) is 12.4. The van der Waals surface area contributed by atoms with E-state index in [9.17, 15) is 9.59 Å². The first-order valence-corrected chi connectivity index (χ1v) is 5.47. The quantitative estimate of drug-likeness (QED) is 0.482. The van der Waals surface area contributed by atoms with Crippen LogP contribution in [0.1, 0.15) is 26.3 Å². The number of benzene rings is 1. The van der Waals surface area contributed by atoms with Crippen LogP contribution in [-0.2, 0) is 4.74 Å². The molecule has 0 atom stereocenters. The summed E-state index contributed by atoms with van der Waals surface area (Å²) >= 11 is 3.04. The summed E-state index contributed by atoms with van der Waals surface area (Å²) in [6.45, 7) is 0. The summed E-state index contributed by atoms with van der Waals surface area (Å²) in [6.07, 6.45) is 0. The number of halogens is 1. The van der Waals surface area contributed by atoms with E-state index in [0.29, 0.717) is 5.56 Å². The fourth-order valence-electron chi connectivity index (χ4n) is 1.17. The molecule has 0 amide bonds. The van der Waals surface area contributed by atoms with Gasteiger partial charge in [-0.15, -0.1) is 0 Å². The van der Waals surface area contributed by atoms with Crippen LogP contribution in [0.2, 0.25) is 0 Å². The van der Waals surface area contributed by atoms with E-state index in [1.807, 2.05) is 6.07 Å². The van der Waals surface area contributed by atoms with Crippen molar-refractivity contribution in [2.75, 3.05) is 12.4 Å². The molecule has 0 saturated heterocycles. The Kier molecular flexibility index (Phi) is 4.20. The Balaban J connectivity index is 3.28. The lowest BCUT2D eigenvalue weighted by Gasteiger charge is -2.04. The zero-order chi connectivity index (χ0) is 12.1. The van der Waals surface area contributed by atoms with Crippen LogP contribution < -0.4 is 0 Å². The highest BCUT2D eigenvalue weighted by Crippen LogP contribution is 2.13. The SMILES string of the molecule is COC(=O)c1cc(C(=O)CBr)ccc1C#N. The molecular formula is C11H8BrNO3. The van der Waals surface area contributed by atoms with Crippen LogP contribution in [0.15, 0.2) is 18.2 Å². The molecule has 0 saturated carbocycles. The van der Waals surface area contributed by atoms with Crippen LogP contribution in [0.5, 0.6) is 0 Å². The van der Waals surface area contributed by atoms with Gasteiger partial charge in [-0.1, -0.05) is 22.0 Å². The standard InChI is InChI=1S/C11H8BrNO3/c1-16-11(15)9-4-7(10(14)5-12)2-3-8(9)6-13/h2-4H,5H2,1H3. The molecule has 5 heteroatoms. The van der Waals surface area contributed by atoms with E-state index < -0.39 is 5.97 Å². The van der Waals surface area contributed by atoms with Crippen molar-refractivity contribution in [2.24, 2.45) is 0 Å². The van der Waals surface area contributed by atoms with E-state index in [4.69, 9.17) is 5.26 Å². The topological polar surface area (TPSA) is 67.2 Å². The fourth-order valence-corrected chi connectivity index (χ4v) is 1.49. The monoisotopic (exact) mass is 281 g/mol. The smallest absolute Gasteiger partial charge is 0.339 e. The van der Waals surface area contributed by atoms with Gasteiger partial charge in [0.05, 0.1) is 23.6 Å². The summed E-state index contributed by atoms with van der Waals surface area (Å²) in [5.74, 6) is -0.782. The number of nitriles is 1. The van der Waals surface area contributed by atoms with Crippen molar-refractivity contribution >= 4 is 27.7 Å². The second-order valence-corrected chi connectivity index (χ2v) is 3.48. The Bertz CT molecular complexity index is 477. The molecule has 0 aliphatic rings. The van der Waals surface area contributed by atoms with Crippen molar-refractivity contribution < 1.29 is 14.3 Å². The van der Waals surface area contributed by atoms with Gasteiger partial charge in [-0.05, 0) is 12.1 Å². The summed E-state index contributed by atoms with van der Waals surface area (Å²) in [5, 5.41) is 8.96. The normalized spacial score (nSPS) is 9.31. The molecule has 0 spiro atoms. The van der Waals surface area contributed by atoms with Gasteiger partial charge in [-0.2, -0.15) is 5.26 Å². The molecule has 0 N–H and O–H groups in total. The van der Waals surface area contributed by atoms with Crippen molar-refractivity contribution in [1.29, 1.82) is 5.26 Å². The van der Waals surface area contributed by atoms with E-state index in [-0.39, 0.29) is 22.2 Å². The Morgan fingerprint density at radius 2 is 2.19 bits per heavy atom. The Morgan fingerprint density at radius 1 is 1.50 bits per heavy atom. The highest BCUT2D eigenvalue weighted by molar-refractivity contribution is 9.09. The Hall–Kier alpha value is -1.67. The minimum atomic E-state index is -0.624. The average Bonchev–Trinajstić information content (AvgIpc) is 2.35. The molecule has 1 aromatic rings. The fraction of sp³-hybridized carbons (Fsp3) is 0.182. The number of rotatable bonds is 3. The second kappa shape index (κ2) is 5.42. The number of methoxy groups -OCH3 is 1. The number of alkyl halides is 1. The van der Waals surface area contributed by atoms with Gasteiger partial charge in [0.1, 0.15) is 6.07 Å². The van der Waals surface area contributed by atoms with E-state index in [0.717, 1.165) is 0 Å². The van der Waals surface area contributed by atoms with Gasteiger partial charge < -0.3 is 4.74 Å². The van der Waals surface area contributed by atoms with Crippen molar-refractivity contribution in [3.05, 3.63) is 34.9 Å². The molecule has 0 aromatic heterocycles. The number of carbonyl (C=O) groups excluding carboxylic acids is 2. The van der Waals surface area contributed by atoms with E-state index in [2.05, 4.69) is 20.7 Å². The predicted octanol–water partition coefficient (Wildman–Crippen LogP) is 1.92. The second-order valence-electron chi connectivity index (χ2n) is 2.92. The highest BCUT2D eigenvalue weighted by Gasteiger charge is 2.14. The van der Waals surface area contributed by atoms with E-state index >= 15 is 0 Å². The zero-order valence-corrected chi connectivity index (χ0v) is 10.1. The number of hydrogen-bond donors (Lipinski definition) is 0. The molecule has 0 aliphatic heterocycles. The minimum absolute atomic E-state index is 0.108. The molecule has 1 aromatic carbocycles. The largest absolute Gasteiger partial charge is 0.465 e. The van der Waals surface area contributed by atoms with Crippen molar-refractivity contribution in [3.63, 3.8) is 0 Å². The molecule has 0 fully saturated rings. The minimum Gasteiger partial charge on any atom is -0.465 e. The van der Waals surface area contributed by atoms with Gasteiger partial charge in [0.15, 0.2) is 5.78 Å². The van der Waals surface area contributed by atoms with E-state index in [1.165, 1.54) is 25.3 Å². The molecular weight excluding hydrogens is 274 g/mol. The molecule has 0 heterocycles. The van der Waals surface area contributed by atoms with Crippen LogP contribution in [0.3, 0.4) is 0 Å². The molecule has 0 radical (unpaired) electrons. The van der Waals surface area contributed by atoms with Gasteiger partial charge in [-0.25, -0.2) is 4.79 Å². The maximum atomic E-state index is 11.4. The molecule has 0 bridgehead atoms. The number of ketones is 1. The zero-order valence-electron chi connectivity index (χ0n) is 8.49. The van der Waals surface area contributed by atoms with Gasteiger partial charge in [0, 0.05) is 5.56 Å². The third-order valence-corrected chi connectivity index (χ3v) is 2.50. The molecule has 0 aliphatic carbocycles. The van der Waals surface area contributed by atoms with Gasteiger partial charge in [0.25, 0.3) is 0 Å². The summed E-state index contributed by atoms with van der Waals surface area (Å²) in [4.78, 5) is 22.8. The number of esters is 1. The van der Waals surface area contributed by atoms with Gasteiger partial charge >= 0.3 is 5.97 Å². The molecule has 1 rings (SSSR count). The first-order valence-electron chi connectivity index (χ1n) is 4.35. The number of Topliss-reactive ketones (excluding diaryl/α,β-unsaturated/α-hetero) is 1. The maximum Gasteiger partial charge on any atom is 0.339 e. The van der Waals surface area contributed by atoms with Crippen LogP contribution in [0.4, 0.5) is 0 Å². The maximum absolute atomic E-state index is 11.4. The summed E-state index contributed by atoms with van der Waals surface area (Å²) in [5.41, 5.74) is 0.672. The highest BCUT2D eigenvalue weighted by atomic mass is 79.9. The van der Waals surface area contributed by atoms with Crippen molar-refractivity contribution in [2.45, 2.75) is 0 Å². The third-order valence-electron chi connectivity index (χ3n) is 1.99. The number of hydrogen-bond acceptors (Lipinski definition) is 4. The lowest BCUT2D eigenvalue weighted by molar-refractivity contribution is 0.0600. The number of carbonyl (C=O) groups is 2. The number of nitrogens with zero attached hydrogens (tertiary/aromatic N) is 1. The van der Waals surface area contributed by atoms with Crippen LogP contribution in [-0.4, -0.2) is 24.2 Å². The third kappa shape index (κ3) is 2.47. The van der Waals surface area contributed by atoms with Crippen LogP contribution in [0, 0.1) is 11.3 Å². The lowest BCUT2D eigenvalue weighted by Crippen LogP contribution is -2.08. The van der Waals surface area contributed by atoms with Crippen LogP contribution in [0.25, 0.3) is 0 Å². The molecule has 82 valence electrons. The van der Waals surface area contributed by atoms with Gasteiger partial charge in [-0.3, -0.25) is 4.79 Å². The number of ether oxygens (including phenoxy) is 1. The van der Waals surface area contributed by atoms with E-state index in [1.54, 1.807) is 0 Å². The van der Waals surface area contributed by atoms with Gasteiger partial charge in [0.2, 0.25) is 0 Å². The summed E-state index contributed by atoms with van der Waals surface area (Å²) in [6, 6.07) is 6.18. The summed E-state index contributed by atoms with van der Waals surface area (Å²) in [7, 11) is 1.22. The predicted molar refractivity (Wildman–Crippen MR) is 60.6 cm³/mol. The Morgan fingerprint density at radius 3 is 2.69 bits per heavy atom. The summed E-state index contributed by atoms with van der Waals surface area (Å²) < 4.78 is 4.53. The Labute approximate surface area is 101 Å². The molecule has 16 heavy (non-hydrogen) atoms.